The summed E-state index contributed by atoms with van der Waals surface area (Å²) >= 11 is 0. The number of halogens is 1. The first-order valence-corrected chi connectivity index (χ1v) is 6.35. The van der Waals surface area contributed by atoms with Crippen LogP contribution < -0.4 is 10.6 Å². The maximum absolute atomic E-state index is 11.8. The second kappa shape index (κ2) is 9.16. The van der Waals surface area contributed by atoms with Crippen molar-refractivity contribution < 1.29 is 9.59 Å². The molecule has 2 N–H and O–H groups in total. The third-order valence-corrected chi connectivity index (χ3v) is 3.08. The monoisotopic (exact) mass is 277 g/mol. The minimum atomic E-state index is -0.103. The fourth-order valence-electron chi connectivity index (χ4n) is 1.99. The highest BCUT2D eigenvalue weighted by Crippen LogP contribution is 2.08. The number of likely N-dealkylation sites (tertiary alicyclic amines) is 1. The largest absolute Gasteiger partial charge is 0.347 e. The number of amides is 2. The van der Waals surface area contributed by atoms with Crippen LogP contribution in [-0.4, -0.2) is 49.9 Å². The Morgan fingerprint density at radius 3 is 2.39 bits per heavy atom. The highest BCUT2D eigenvalue weighted by Gasteiger charge is 2.18. The first-order chi connectivity index (χ1) is 8.15. The van der Waals surface area contributed by atoms with Gasteiger partial charge in [0.05, 0.1) is 6.54 Å². The molecule has 0 saturated carbocycles. The number of piperidine rings is 1. The molecule has 6 heteroatoms. The van der Waals surface area contributed by atoms with Crippen molar-refractivity contribution in [2.75, 3.05) is 33.2 Å². The molecular formula is C12H24ClN3O2. The molecule has 0 aromatic heterocycles. The summed E-state index contributed by atoms with van der Waals surface area (Å²) in [4.78, 5) is 25.2. The lowest BCUT2D eigenvalue weighted by Gasteiger charge is -2.27. The fraction of sp³-hybridized carbons (Fsp3) is 0.833. The van der Waals surface area contributed by atoms with Crippen molar-refractivity contribution >= 4 is 24.2 Å². The smallest absolute Gasteiger partial charge is 0.241 e. The van der Waals surface area contributed by atoms with E-state index in [9.17, 15) is 9.59 Å². The molecule has 0 radical (unpaired) electrons. The molecule has 5 nitrogen and oxygen atoms in total. The van der Waals surface area contributed by atoms with E-state index < -0.39 is 0 Å². The van der Waals surface area contributed by atoms with Crippen molar-refractivity contribution in [1.82, 2.24) is 15.5 Å². The lowest BCUT2D eigenvalue weighted by atomic mass is 10.1. The van der Waals surface area contributed by atoms with Crippen LogP contribution >= 0.6 is 12.4 Å². The number of hydrogen-bond acceptors (Lipinski definition) is 3. The number of nitrogens with zero attached hydrogens (tertiary/aromatic N) is 1. The average Bonchev–Trinajstić information content (AvgIpc) is 2.36. The first-order valence-electron chi connectivity index (χ1n) is 6.35. The Hall–Kier alpha value is -0.810. The Kier molecular flexibility index (Phi) is 8.75. The third-order valence-electron chi connectivity index (χ3n) is 3.08. The van der Waals surface area contributed by atoms with Crippen LogP contribution in [-0.2, 0) is 9.59 Å². The molecule has 1 unspecified atom stereocenters. The molecule has 0 aromatic carbocycles. The molecule has 1 atom stereocenters. The van der Waals surface area contributed by atoms with Crippen molar-refractivity contribution in [3.05, 3.63) is 0 Å². The second-order valence-electron chi connectivity index (χ2n) is 4.62. The summed E-state index contributed by atoms with van der Waals surface area (Å²) in [5.74, 6) is -0.131. The molecule has 18 heavy (non-hydrogen) atoms. The van der Waals surface area contributed by atoms with Crippen LogP contribution in [0.3, 0.4) is 0 Å². The third kappa shape index (κ3) is 5.69. The van der Waals surface area contributed by atoms with Crippen LogP contribution in [0.5, 0.6) is 0 Å². The van der Waals surface area contributed by atoms with E-state index in [1.54, 1.807) is 0 Å². The zero-order valence-corrected chi connectivity index (χ0v) is 12.0. The lowest BCUT2D eigenvalue weighted by Crippen LogP contribution is -2.44. The van der Waals surface area contributed by atoms with Crippen molar-refractivity contribution in [3.63, 3.8) is 0 Å². The van der Waals surface area contributed by atoms with Gasteiger partial charge in [0.15, 0.2) is 0 Å². The van der Waals surface area contributed by atoms with Gasteiger partial charge in [-0.2, -0.15) is 0 Å². The van der Waals surface area contributed by atoms with Gasteiger partial charge in [-0.25, -0.2) is 0 Å². The number of nitrogens with one attached hydrogen (secondary N) is 2. The zero-order chi connectivity index (χ0) is 12.7. The topological polar surface area (TPSA) is 61.4 Å². The Labute approximate surface area is 115 Å². The van der Waals surface area contributed by atoms with Gasteiger partial charge in [-0.3, -0.25) is 9.59 Å². The number of rotatable bonds is 5. The van der Waals surface area contributed by atoms with Crippen molar-refractivity contribution in [3.8, 4) is 0 Å². The molecule has 0 aromatic rings. The Morgan fingerprint density at radius 2 is 1.83 bits per heavy atom. The van der Waals surface area contributed by atoms with E-state index in [0.717, 1.165) is 25.9 Å². The van der Waals surface area contributed by atoms with E-state index in [1.807, 2.05) is 18.9 Å². The van der Waals surface area contributed by atoms with Crippen LogP contribution in [0.2, 0.25) is 0 Å². The number of carbonyl (C=O) groups is 2. The molecule has 1 rings (SSSR count). The molecule has 1 heterocycles. The van der Waals surface area contributed by atoms with E-state index >= 15 is 0 Å². The van der Waals surface area contributed by atoms with Gasteiger partial charge < -0.3 is 15.5 Å². The summed E-state index contributed by atoms with van der Waals surface area (Å²) in [5, 5.41) is 5.64. The quantitative estimate of drug-likeness (QED) is 0.764. The normalized spacial score (nSPS) is 16.7. The van der Waals surface area contributed by atoms with Crippen molar-refractivity contribution in [2.24, 2.45) is 5.92 Å². The van der Waals surface area contributed by atoms with E-state index in [0.29, 0.717) is 6.54 Å². The molecule has 1 saturated heterocycles. The standard InChI is InChI=1S/C12H23N3O2.ClH/c1-10(8-13-2)12(17)14-9-11(16)15-6-4-3-5-7-15;/h10,13H,3-9H2,1-2H3,(H,14,17);1H. The highest BCUT2D eigenvalue weighted by molar-refractivity contribution is 5.86. The summed E-state index contributed by atoms with van der Waals surface area (Å²) in [6, 6.07) is 0. The Balaban J connectivity index is 0.00000289. The van der Waals surface area contributed by atoms with E-state index in [1.165, 1.54) is 6.42 Å². The molecule has 1 fully saturated rings. The van der Waals surface area contributed by atoms with Crippen LogP contribution in [0.1, 0.15) is 26.2 Å². The van der Waals surface area contributed by atoms with Crippen LogP contribution in [0.4, 0.5) is 0 Å². The Morgan fingerprint density at radius 1 is 1.22 bits per heavy atom. The Bertz CT molecular complexity index is 268. The number of hydrogen-bond donors (Lipinski definition) is 2. The molecule has 1 aliphatic rings. The summed E-state index contributed by atoms with van der Waals surface area (Å²) in [6.45, 7) is 4.27. The summed E-state index contributed by atoms with van der Waals surface area (Å²) < 4.78 is 0. The molecule has 106 valence electrons. The van der Waals surface area contributed by atoms with Crippen molar-refractivity contribution in [2.45, 2.75) is 26.2 Å². The summed E-state index contributed by atoms with van der Waals surface area (Å²) in [7, 11) is 1.81. The predicted molar refractivity (Wildman–Crippen MR) is 73.8 cm³/mol. The van der Waals surface area contributed by atoms with Gasteiger partial charge in [-0.05, 0) is 26.3 Å². The van der Waals surface area contributed by atoms with Gasteiger partial charge in [0.1, 0.15) is 0 Å². The molecular weight excluding hydrogens is 254 g/mol. The summed E-state index contributed by atoms with van der Waals surface area (Å²) in [5.41, 5.74) is 0. The highest BCUT2D eigenvalue weighted by atomic mass is 35.5. The minimum absolute atomic E-state index is 0. The van der Waals surface area contributed by atoms with Gasteiger partial charge in [0, 0.05) is 25.6 Å². The SMILES string of the molecule is CNCC(C)C(=O)NCC(=O)N1CCCCC1.Cl. The second-order valence-corrected chi connectivity index (χ2v) is 4.62. The van der Waals surface area contributed by atoms with Gasteiger partial charge in [0.25, 0.3) is 0 Å². The van der Waals surface area contributed by atoms with Gasteiger partial charge >= 0.3 is 0 Å². The van der Waals surface area contributed by atoms with Gasteiger partial charge in [0.2, 0.25) is 11.8 Å². The predicted octanol–water partition coefficient (Wildman–Crippen LogP) is 0.392. The van der Waals surface area contributed by atoms with Crippen LogP contribution in [0.15, 0.2) is 0 Å². The van der Waals surface area contributed by atoms with Crippen LogP contribution in [0.25, 0.3) is 0 Å². The van der Waals surface area contributed by atoms with E-state index in [4.69, 9.17) is 0 Å². The molecule has 0 aliphatic carbocycles. The van der Waals surface area contributed by atoms with E-state index in [2.05, 4.69) is 10.6 Å². The van der Waals surface area contributed by atoms with Crippen LogP contribution in [0, 0.1) is 5.92 Å². The molecule has 1 aliphatic heterocycles. The number of carbonyl (C=O) groups excluding carboxylic acids is 2. The molecule has 0 bridgehead atoms. The zero-order valence-electron chi connectivity index (χ0n) is 11.2. The summed E-state index contributed by atoms with van der Waals surface area (Å²) in [6.07, 6.45) is 3.36. The van der Waals surface area contributed by atoms with E-state index in [-0.39, 0.29) is 36.7 Å². The lowest BCUT2D eigenvalue weighted by molar-refractivity contribution is -0.134. The van der Waals surface area contributed by atoms with Gasteiger partial charge in [-0.1, -0.05) is 6.92 Å². The van der Waals surface area contributed by atoms with Crippen molar-refractivity contribution in [1.29, 1.82) is 0 Å². The fourth-order valence-corrected chi connectivity index (χ4v) is 1.99. The molecule has 2 amide bonds. The average molecular weight is 278 g/mol. The minimum Gasteiger partial charge on any atom is -0.347 e. The van der Waals surface area contributed by atoms with Gasteiger partial charge in [-0.15, -0.1) is 12.4 Å². The molecule has 0 spiro atoms. The first kappa shape index (κ1) is 17.2. The maximum Gasteiger partial charge on any atom is 0.241 e. The maximum atomic E-state index is 11.8.